The molecule has 3 aromatic rings. The number of nitrogens with one attached hydrogen (secondary N) is 2. The summed E-state index contributed by atoms with van der Waals surface area (Å²) >= 11 is 0. The van der Waals surface area contributed by atoms with Crippen molar-refractivity contribution in [2.45, 2.75) is 12.3 Å². The van der Waals surface area contributed by atoms with Gasteiger partial charge in [0.15, 0.2) is 0 Å². The second kappa shape index (κ2) is 6.67. The topological polar surface area (TPSA) is 37.0 Å². The van der Waals surface area contributed by atoms with E-state index in [4.69, 9.17) is 4.74 Å². The van der Waals surface area contributed by atoms with Crippen LogP contribution < -0.4 is 10.1 Å². The maximum Gasteiger partial charge on any atom is 0.118 e. The molecule has 0 spiro atoms. The monoisotopic (exact) mass is 294 g/mol. The third-order valence-corrected chi connectivity index (χ3v) is 4.20. The van der Waals surface area contributed by atoms with Crippen molar-refractivity contribution in [2.24, 2.45) is 0 Å². The predicted octanol–water partition coefficient (Wildman–Crippen LogP) is 3.92. The molecule has 0 bridgehead atoms. The zero-order valence-corrected chi connectivity index (χ0v) is 13.1. The van der Waals surface area contributed by atoms with Crippen LogP contribution >= 0.6 is 0 Å². The molecule has 0 saturated carbocycles. The van der Waals surface area contributed by atoms with E-state index in [9.17, 15) is 0 Å². The first kappa shape index (κ1) is 14.7. The highest BCUT2D eigenvalue weighted by atomic mass is 16.5. The van der Waals surface area contributed by atoms with Gasteiger partial charge >= 0.3 is 0 Å². The van der Waals surface area contributed by atoms with Gasteiger partial charge in [0, 0.05) is 23.0 Å². The van der Waals surface area contributed by atoms with Gasteiger partial charge in [-0.25, -0.2) is 0 Å². The van der Waals surface area contributed by atoms with Gasteiger partial charge < -0.3 is 15.0 Å². The minimum Gasteiger partial charge on any atom is -0.497 e. The van der Waals surface area contributed by atoms with Gasteiger partial charge in [0.2, 0.25) is 0 Å². The number of H-pyrrole nitrogens is 1. The third-order valence-electron chi connectivity index (χ3n) is 4.20. The summed E-state index contributed by atoms with van der Waals surface area (Å²) in [5.41, 5.74) is 3.87. The van der Waals surface area contributed by atoms with Crippen molar-refractivity contribution in [1.29, 1.82) is 0 Å². The van der Waals surface area contributed by atoms with Gasteiger partial charge in [-0.05, 0) is 49.3 Å². The lowest BCUT2D eigenvalue weighted by molar-refractivity contribution is 0.414. The number of fused-ring (bicyclic) bond motifs is 1. The molecule has 3 nitrogen and oxygen atoms in total. The molecule has 0 radical (unpaired) electrons. The summed E-state index contributed by atoms with van der Waals surface area (Å²) in [4.78, 5) is 3.39. The smallest absolute Gasteiger partial charge is 0.118 e. The molecule has 1 unspecified atom stereocenters. The van der Waals surface area contributed by atoms with Crippen LogP contribution in [-0.2, 0) is 0 Å². The molecule has 0 aliphatic carbocycles. The van der Waals surface area contributed by atoms with Crippen LogP contribution in [-0.4, -0.2) is 25.7 Å². The number of methoxy groups -OCH3 is 1. The largest absolute Gasteiger partial charge is 0.497 e. The second-order valence-electron chi connectivity index (χ2n) is 5.51. The highest BCUT2D eigenvalue weighted by Crippen LogP contribution is 2.33. The van der Waals surface area contributed by atoms with Crippen molar-refractivity contribution < 1.29 is 4.74 Å². The molecule has 2 N–H and O–H groups in total. The average Bonchev–Trinajstić information content (AvgIpc) is 3.00. The van der Waals surface area contributed by atoms with Crippen LogP contribution in [0.25, 0.3) is 10.9 Å². The van der Waals surface area contributed by atoms with Crippen molar-refractivity contribution in [3.05, 3.63) is 65.9 Å². The highest BCUT2D eigenvalue weighted by molar-refractivity contribution is 5.84. The molecule has 0 fully saturated rings. The van der Waals surface area contributed by atoms with E-state index in [-0.39, 0.29) is 0 Å². The summed E-state index contributed by atoms with van der Waals surface area (Å²) in [6, 6.07) is 16.9. The van der Waals surface area contributed by atoms with Gasteiger partial charge in [-0.15, -0.1) is 0 Å². The van der Waals surface area contributed by atoms with Gasteiger partial charge in [0.25, 0.3) is 0 Å². The number of hydrogen-bond acceptors (Lipinski definition) is 2. The van der Waals surface area contributed by atoms with Gasteiger partial charge in [-0.2, -0.15) is 0 Å². The number of aromatic nitrogens is 1. The van der Waals surface area contributed by atoms with E-state index in [0.717, 1.165) is 18.7 Å². The SMILES string of the molecule is CNCCC(c1ccc(OC)cc1)c1c[nH]c2ccccc12. The van der Waals surface area contributed by atoms with Crippen molar-refractivity contribution in [3.63, 3.8) is 0 Å². The van der Waals surface area contributed by atoms with Crippen LogP contribution in [0, 0.1) is 0 Å². The van der Waals surface area contributed by atoms with Crippen LogP contribution in [0.2, 0.25) is 0 Å². The van der Waals surface area contributed by atoms with Crippen molar-refractivity contribution in [1.82, 2.24) is 10.3 Å². The Labute approximate surface area is 131 Å². The van der Waals surface area contributed by atoms with Gasteiger partial charge in [0.1, 0.15) is 5.75 Å². The maximum atomic E-state index is 5.27. The number of ether oxygens (including phenoxy) is 1. The Morgan fingerprint density at radius 1 is 1.09 bits per heavy atom. The van der Waals surface area contributed by atoms with E-state index in [0.29, 0.717) is 5.92 Å². The average molecular weight is 294 g/mol. The molecule has 22 heavy (non-hydrogen) atoms. The molecule has 3 heteroatoms. The maximum absolute atomic E-state index is 5.27. The molecular weight excluding hydrogens is 272 g/mol. The van der Waals surface area contributed by atoms with E-state index in [2.05, 4.69) is 52.9 Å². The highest BCUT2D eigenvalue weighted by Gasteiger charge is 2.17. The minimum absolute atomic E-state index is 0.370. The number of para-hydroxylation sites is 1. The normalized spacial score (nSPS) is 12.5. The standard InChI is InChI=1S/C19H22N2O/c1-20-12-11-16(14-7-9-15(22-2)10-8-14)18-13-21-19-6-4-3-5-17(18)19/h3-10,13,16,20-21H,11-12H2,1-2H3. The Morgan fingerprint density at radius 2 is 1.86 bits per heavy atom. The number of rotatable bonds is 6. The van der Waals surface area contributed by atoms with Crippen molar-refractivity contribution in [2.75, 3.05) is 20.7 Å². The second-order valence-corrected chi connectivity index (χ2v) is 5.51. The lowest BCUT2D eigenvalue weighted by Crippen LogP contribution is -2.13. The Balaban J connectivity index is 2.01. The summed E-state index contributed by atoms with van der Waals surface area (Å²) in [5, 5.41) is 4.57. The number of aromatic amines is 1. The van der Waals surface area contributed by atoms with E-state index in [1.54, 1.807) is 7.11 Å². The summed E-state index contributed by atoms with van der Waals surface area (Å²) in [7, 11) is 3.70. The molecule has 0 aliphatic heterocycles. The Kier molecular flexibility index (Phi) is 4.45. The lowest BCUT2D eigenvalue weighted by Gasteiger charge is -2.17. The van der Waals surface area contributed by atoms with E-state index in [1.165, 1.54) is 22.0 Å². The summed E-state index contributed by atoms with van der Waals surface area (Å²) in [6.07, 6.45) is 3.21. The first-order valence-electron chi connectivity index (χ1n) is 7.68. The summed E-state index contributed by atoms with van der Waals surface area (Å²) in [6.45, 7) is 0.982. The van der Waals surface area contributed by atoms with Gasteiger partial charge in [-0.1, -0.05) is 30.3 Å². The first-order chi connectivity index (χ1) is 10.8. The fraction of sp³-hybridized carbons (Fsp3) is 0.263. The number of hydrogen-bond donors (Lipinski definition) is 2. The van der Waals surface area contributed by atoms with E-state index < -0.39 is 0 Å². The molecule has 114 valence electrons. The van der Waals surface area contributed by atoms with Crippen LogP contribution in [0.15, 0.2) is 54.7 Å². The Hall–Kier alpha value is -2.26. The molecule has 1 atom stereocenters. The fourth-order valence-corrected chi connectivity index (χ4v) is 3.01. The quantitative estimate of drug-likeness (QED) is 0.723. The van der Waals surface area contributed by atoms with Crippen molar-refractivity contribution >= 4 is 10.9 Å². The van der Waals surface area contributed by atoms with Gasteiger partial charge in [-0.3, -0.25) is 0 Å². The minimum atomic E-state index is 0.370. The molecule has 1 aromatic heterocycles. The zero-order valence-electron chi connectivity index (χ0n) is 13.1. The fourth-order valence-electron chi connectivity index (χ4n) is 3.01. The molecular formula is C19H22N2O. The summed E-state index contributed by atoms with van der Waals surface area (Å²) in [5.74, 6) is 1.27. The van der Waals surface area contributed by atoms with Gasteiger partial charge in [0.05, 0.1) is 7.11 Å². The Morgan fingerprint density at radius 3 is 2.59 bits per heavy atom. The first-order valence-corrected chi connectivity index (χ1v) is 7.68. The van der Waals surface area contributed by atoms with Crippen molar-refractivity contribution in [3.8, 4) is 5.75 Å². The predicted molar refractivity (Wildman–Crippen MR) is 91.7 cm³/mol. The van der Waals surface area contributed by atoms with E-state index >= 15 is 0 Å². The molecule has 1 heterocycles. The van der Waals surface area contributed by atoms with Crippen LogP contribution in [0.3, 0.4) is 0 Å². The Bertz CT molecular complexity index is 731. The summed E-state index contributed by atoms with van der Waals surface area (Å²) < 4.78 is 5.27. The molecule has 2 aromatic carbocycles. The molecule has 0 aliphatic rings. The van der Waals surface area contributed by atoms with Crippen LogP contribution in [0.1, 0.15) is 23.5 Å². The van der Waals surface area contributed by atoms with E-state index in [1.807, 2.05) is 19.2 Å². The molecule has 0 amide bonds. The third kappa shape index (κ3) is 2.85. The van der Waals surface area contributed by atoms with Crippen LogP contribution in [0.4, 0.5) is 0 Å². The number of benzene rings is 2. The zero-order chi connectivity index (χ0) is 15.4. The van der Waals surface area contributed by atoms with Crippen LogP contribution in [0.5, 0.6) is 5.75 Å². The lowest BCUT2D eigenvalue weighted by atomic mass is 9.88. The molecule has 0 saturated heterocycles. The molecule has 3 rings (SSSR count).